The first-order valence-corrected chi connectivity index (χ1v) is 9.94. The van der Waals surface area contributed by atoms with Crippen LogP contribution in [0.3, 0.4) is 0 Å². The van der Waals surface area contributed by atoms with Crippen LogP contribution in [-0.2, 0) is 0 Å². The van der Waals surface area contributed by atoms with Crippen molar-refractivity contribution in [2.75, 3.05) is 0 Å². The molecule has 130 valence electrons. The van der Waals surface area contributed by atoms with E-state index in [0.29, 0.717) is 0 Å². The second-order valence-electron chi connectivity index (χ2n) is 7.17. The van der Waals surface area contributed by atoms with E-state index >= 15 is 0 Å². The third-order valence-electron chi connectivity index (χ3n) is 4.98. The fourth-order valence-electron chi connectivity index (χ4n) is 2.76. The summed E-state index contributed by atoms with van der Waals surface area (Å²) in [4.78, 5) is 0. The topological polar surface area (TPSA) is 0 Å². The quantitative estimate of drug-likeness (QED) is 0.225. The third-order valence-corrected chi connectivity index (χ3v) is 4.98. The molecule has 0 N–H and O–H groups in total. The second-order valence-corrected chi connectivity index (χ2v) is 7.17. The Labute approximate surface area is 141 Å². The zero-order valence-corrected chi connectivity index (χ0v) is 16.2. The van der Waals surface area contributed by atoms with Crippen LogP contribution in [0.15, 0.2) is 23.8 Å². The van der Waals surface area contributed by atoms with Crippen molar-refractivity contribution in [2.24, 2.45) is 11.8 Å². The second kappa shape index (κ2) is 15.4. The van der Waals surface area contributed by atoms with Crippen molar-refractivity contribution in [3.8, 4) is 0 Å². The summed E-state index contributed by atoms with van der Waals surface area (Å²) >= 11 is 0. The number of rotatable bonds is 14. The molecule has 0 nitrogen and oxygen atoms in total. The van der Waals surface area contributed by atoms with Crippen molar-refractivity contribution in [1.29, 1.82) is 0 Å². The van der Waals surface area contributed by atoms with Crippen LogP contribution in [0.1, 0.15) is 105 Å². The highest BCUT2D eigenvalue weighted by Crippen LogP contribution is 2.16. The van der Waals surface area contributed by atoms with Crippen molar-refractivity contribution in [3.05, 3.63) is 23.8 Å². The Morgan fingerprint density at radius 3 is 2.14 bits per heavy atom. The van der Waals surface area contributed by atoms with Crippen LogP contribution in [0.5, 0.6) is 0 Å². The smallest absolute Gasteiger partial charge is 0.0236 e. The molecule has 0 aromatic heterocycles. The molecule has 0 saturated heterocycles. The van der Waals surface area contributed by atoms with Gasteiger partial charge in [0.2, 0.25) is 0 Å². The molecule has 0 amide bonds. The summed E-state index contributed by atoms with van der Waals surface area (Å²) in [5.74, 6) is 1.54. The minimum Gasteiger partial charge on any atom is -0.0880 e. The van der Waals surface area contributed by atoms with Crippen LogP contribution in [0, 0.1) is 11.8 Å². The van der Waals surface area contributed by atoms with Gasteiger partial charge in [0.05, 0.1) is 0 Å². The van der Waals surface area contributed by atoms with E-state index in [1.54, 1.807) is 5.57 Å². The molecule has 0 radical (unpaired) electrons. The third kappa shape index (κ3) is 13.2. The van der Waals surface area contributed by atoms with Gasteiger partial charge in [-0.25, -0.2) is 0 Å². The van der Waals surface area contributed by atoms with E-state index in [-0.39, 0.29) is 0 Å². The maximum atomic E-state index is 2.45. The number of hydrogen-bond acceptors (Lipinski definition) is 0. The van der Waals surface area contributed by atoms with Crippen LogP contribution in [0.2, 0.25) is 0 Å². The Bertz CT molecular complexity index is 284. The van der Waals surface area contributed by atoms with Gasteiger partial charge in [-0.3, -0.25) is 0 Å². The van der Waals surface area contributed by atoms with Crippen molar-refractivity contribution < 1.29 is 0 Å². The average Bonchev–Trinajstić information content (AvgIpc) is 2.52. The van der Waals surface area contributed by atoms with Gasteiger partial charge in [0.15, 0.2) is 0 Å². The molecule has 0 heterocycles. The summed E-state index contributed by atoms with van der Waals surface area (Å²) in [7, 11) is 0. The van der Waals surface area contributed by atoms with Gasteiger partial charge in [-0.15, -0.1) is 0 Å². The van der Waals surface area contributed by atoms with E-state index in [4.69, 9.17) is 0 Å². The first kappa shape index (κ1) is 21.5. The molecule has 0 saturated carbocycles. The largest absolute Gasteiger partial charge is 0.0880 e. The van der Waals surface area contributed by atoms with Gasteiger partial charge in [-0.2, -0.15) is 0 Å². The molecule has 0 aliphatic carbocycles. The predicted octanol–water partition coefficient (Wildman–Crippen LogP) is 8.09. The lowest BCUT2D eigenvalue weighted by Crippen LogP contribution is -2.02. The summed E-state index contributed by atoms with van der Waals surface area (Å²) in [5, 5.41) is 0. The molecule has 0 aromatic rings. The molecule has 0 bridgehead atoms. The highest BCUT2D eigenvalue weighted by Gasteiger charge is 2.04. The highest BCUT2D eigenvalue weighted by atomic mass is 14.1. The first-order valence-electron chi connectivity index (χ1n) is 9.94. The molecule has 2 atom stereocenters. The fraction of sp³-hybridized carbons (Fsp3) is 0.818. The lowest BCUT2D eigenvalue weighted by Gasteiger charge is -2.13. The highest BCUT2D eigenvalue weighted by molar-refractivity contribution is 4.99. The zero-order valence-electron chi connectivity index (χ0n) is 16.2. The van der Waals surface area contributed by atoms with Gasteiger partial charge in [0.25, 0.3) is 0 Å². The number of unbranched alkanes of at least 4 members (excludes halogenated alkanes) is 7. The normalized spacial score (nSPS) is 15.4. The minimum absolute atomic E-state index is 0.725. The molecule has 22 heavy (non-hydrogen) atoms. The van der Waals surface area contributed by atoms with Crippen LogP contribution in [0.4, 0.5) is 0 Å². The summed E-state index contributed by atoms with van der Waals surface area (Å²) in [6.45, 7) is 11.6. The maximum absolute atomic E-state index is 2.45. The van der Waals surface area contributed by atoms with E-state index in [1.165, 1.54) is 70.6 Å². The SMILES string of the molecule is CCCCCCCCC/C(C)=C/CC/C=C/[C@H](C)[C@H](C)CC. The molecule has 0 heteroatoms. The van der Waals surface area contributed by atoms with E-state index < -0.39 is 0 Å². The average molecular weight is 307 g/mol. The van der Waals surface area contributed by atoms with Crippen LogP contribution in [-0.4, -0.2) is 0 Å². The molecule has 0 aliphatic rings. The molecular formula is C22H42. The Morgan fingerprint density at radius 1 is 0.864 bits per heavy atom. The molecule has 0 aliphatic heterocycles. The standard InChI is InChI=1S/C22H42/c1-6-8-9-10-11-12-14-17-20(3)18-15-13-16-19-22(5)21(4)7-2/h16,18-19,21-22H,6-15,17H2,1-5H3/b19-16+,20-18+/t21-,22+/m1/s1. The van der Waals surface area contributed by atoms with Gasteiger partial charge in [-0.05, 0) is 44.4 Å². The zero-order chi connectivity index (χ0) is 16.6. The fourth-order valence-corrected chi connectivity index (χ4v) is 2.76. The van der Waals surface area contributed by atoms with E-state index in [1.807, 2.05) is 0 Å². The molecule has 0 spiro atoms. The van der Waals surface area contributed by atoms with E-state index in [9.17, 15) is 0 Å². The van der Waals surface area contributed by atoms with E-state index in [0.717, 1.165) is 11.8 Å². The van der Waals surface area contributed by atoms with Gasteiger partial charge >= 0.3 is 0 Å². The lowest BCUT2D eigenvalue weighted by atomic mass is 9.93. The van der Waals surface area contributed by atoms with Crippen molar-refractivity contribution in [2.45, 2.75) is 105 Å². The van der Waals surface area contributed by atoms with Crippen molar-refractivity contribution in [1.82, 2.24) is 0 Å². The van der Waals surface area contributed by atoms with E-state index in [2.05, 4.69) is 52.8 Å². The van der Waals surface area contributed by atoms with Crippen molar-refractivity contribution in [3.63, 3.8) is 0 Å². The predicted molar refractivity (Wildman–Crippen MR) is 103 cm³/mol. The summed E-state index contributed by atoms with van der Waals surface area (Å²) in [6.07, 6.45) is 22.1. The van der Waals surface area contributed by atoms with Gasteiger partial charge in [0, 0.05) is 0 Å². The van der Waals surface area contributed by atoms with Crippen molar-refractivity contribution >= 4 is 0 Å². The Kier molecular flexibility index (Phi) is 15.0. The molecule has 0 unspecified atom stereocenters. The van der Waals surface area contributed by atoms with Crippen LogP contribution >= 0.6 is 0 Å². The monoisotopic (exact) mass is 306 g/mol. The molecule has 0 fully saturated rings. The molecule has 0 rings (SSSR count). The Hall–Kier alpha value is -0.520. The van der Waals surface area contributed by atoms with Gasteiger partial charge in [-0.1, -0.05) is 96.4 Å². The minimum atomic E-state index is 0.725. The first-order chi connectivity index (χ1) is 10.6. The lowest BCUT2D eigenvalue weighted by molar-refractivity contribution is 0.445. The van der Waals surface area contributed by atoms with Crippen LogP contribution < -0.4 is 0 Å². The summed E-state index contributed by atoms with van der Waals surface area (Å²) < 4.78 is 0. The van der Waals surface area contributed by atoms with Crippen LogP contribution in [0.25, 0.3) is 0 Å². The summed E-state index contributed by atoms with van der Waals surface area (Å²) in [5.41, 5.74) is 1.59. The number of hydrogen-bond donors (Lipinski definition) is 0. The maximum Gasteiger partial charge on any atom is -0.0236 e. The Morgan fingerprint density at radius 2 is 1.50 bits per heavy atom. The van der Waals surface area contributed by atoms with Gasteiger partial charge in [0.1, 0.15) is 0 Å². The van der Waals surface area contributed by atoms with Gasteiger partial charge < -0.3 is 0 Å². The molecule has 0 aromatic carbocycles. The Balaban J connectivity index is 3.58. The number of allylic oxidation sites excluding steroid dienone is 4. The summed E-state index contributed by atoms with van der Waals surface area (Å²) in [6, 6.07) is 0. The molecular weight excluding hydrogens is 264 g/mol.